The molecule has 0 saturated carbocycles. The number of pyridine rings is 1. The molecule has 3 aromatic heterocycles. The summed E-state index contributed by atoms with van der Waals surface area (Å²) in [5.74, 6) is -1.92. The van der Waals surface area contributed by atoms with Crippen molar-refractivity contribution in [2.45, 2.75) is 19.0 Å². The number of carboxylic acid groups (broad SMARTS) is 1. The summed E-state index contributed by atoms with van der Waals surface area (Å²) < 4.78 is 6.79. The number of carbonyl (C=O) groups is 2. The minimum atomic E-state index is -1.22. The van der Waals surface area contributed by atoms with Gasteiger partial charge in [0, 0.05) is 29.4 Å². The molecule has 1 atom stereocenters. The molecule has 0 amide bonds. The topological polar surface area (TPSA) is 118 Å². The van der Waals surface area contributed by atoms with Crippen molar-refractivity contribution in [1.82, 2.24) is 14.4 Å². The Morgan fingerprint density at radius 1 is 1.03 bits per heavy atom. The number of benzene rings is 2. The Morgan fingerprint density at radius 3 is 2.47 bits per heavy atom. The second kappa shape index (κ2) is 10.8. The molecule has 5 rings (SSSR count). The van der Waals surface area contributed by atoms with Crippen molar-refractivity contribution in [2.24, 2.45) is 0 Å². The Bertz CT molecular complexity index is 1560. The van der Waals surface area contributed by atoms with E-state index in [1.54, 1.807) is 40.9 Å². The standard InChI is InChI=1S/C28H22ClN3O6/c29-22-5-3-20(4-6-22)21-9-11-31-16-24(30-26(31)14-21)28(36)38-32(15-19-10-12-37-17-19)25(27(34)35)13-18-1-7-23(33)8-2-18/h1-12,14,16-17,25,33H,13,15H2,(H,34,35)/t25-/m0/s1. The SMILES string of the molecule is O=C(ON(Cc1ccoc1)[C@@H](Cc1ccc(O)cc1)C(=O)O)c1cn2ccc(-c3ccc(Cl)cc3)cc2n1. The molecule has 2 N–H and O–H groups in total. The second-order valence-electron chi connectivity index (χ2n) is 8.62. The lowest BCUT2D eigenvalue weighted by molar-refractivity contribution is -0.175. The minimum absolute atomic E-state index is 0.0178. The Kier molecular flexibility index (Phi) is 7.12. The third kappa shape index (κ3) is 5.69. The van der Waals surface area contributed by atoms with E-state index in [0.29, 0.717) is 21.8 Å². The number of phenols is 1. The van der Waals surface area contributed by atoms with Crippen molar-refractivity contribution in [3.05, 3.63) is 113 Å². The molecular formula is C28H22ClN3O6. The summed E-state index contributed by atoms with van der Waals surface area (Å²) in [5.41, 5.74) is 3.63. The van der Waals surface area contributed by atoms with E-state index in [1.165, 1.54) is 30.9 Å². The average Bonchev–Trinajstić information content (AvgIpc) is 3.58. The van der Waals surface area contributed by atoms with Crippen molar-refractivity contribution in [3.8, 4) is 16.9 Å². The maximum absolute atomic E-state index is 13.2. The number of fused-ring (bicyclic) bond motifs is 1. The van der Waals surface area contributed by atoms with Gasteiger partial charge in [0.15, 0.2) is 5.69 Å². The smallest absolute Gasteiger partial charge is 0.377 e. The Hall–Kier alpha value is -4.60. The van der Waals surface area contributed by atoms with Crippen molar-refractivity contribution in [3.63, 3.8) is 0 Å². The highest BCUT2D eigenvalue weighted by Gasteiger charge is 2.31. The lowest BCUT2D eigenvalue weighted by Crippen LogP contribution is -2.43. The summed E-state index contributed by atoms with van der Waals surface area (Å²) in [5, 5.41) is 21.3. The van der Waals surface area contributed by atoms with Crippen LogP contribution in [0.2, 0.25) is 5.02 Å². The number of rotatable bonds is 9. The van der Waals surface area contributed by atoms with Crippen molar-refractivity contribution < 1.29 is 29.1 Å². The van der Waals surface area contributed by atoms with Crippen molar-refractivity contribution in [2.75, 3.05) is 0 Å². The highest BCUT2D eigenvalue weighted by molar-refractivity contribution is 6.30. The van der Waals surface area contributed by atoms with Gasteiger partial charge in [-0.15, -0.1) is 5.06 Å². The average molecular weight is 532 g/mol. The van der Waals surface area contributed by atoms with Crippen LogP contribution in [-0.4, -0.2) is 42.6 Å². The van der Waals surface area contributed by atoms with Crippen LogP contribution < -0.4 is 0 Å². The number of carbonyl (C=O) groups excluding carboxylic acids is 1. The number of phenolic OH excluding ortho intramolecular Hbond substituents is 1. The molecule has 0 aliphatic carbocycles. The fraction of sp³-hybridized carbons (Fsp3) is 0.107. The number of carboxylic acids is 1. The number of imidazole rings is 1. The van der Waals surface area contributed by atoms with Crippen LogP contribution in [0.5, 0.6) is 5.75 Å². The Balaban J connectivity index is 1.41. The second-order valence-corrected chi connectivity index (χ2v) is 9.06. The summed E-state index contributed by atoms with van der Waals surface area (Å²) in [6.07, 6.45) is 6.22. The number of aromatic hydroxyl groups is 1. The first-order valence-electron chi connectivity index (χ1n) is 11.6. The molecule has 9 nitrogen and oxygen atoms in total. The first-order chi connectivity index (χ1) is 18.4. The maximum atomic E-state index is 13.2. The third-order valence-corrected chi connectivity index (χ3v) is 6.22. The fourth-order valence-electron chi connectivity index (χ4n) is 3.99. The lowest BCUT2D eigenvalue weighted by Gasteiger charge is -2.26. The quantitative estimate of drug-likeness (QED) is 0.248. The van der Waals surface area contributed by atoms with Crippen LogP contribution in [0.1, 0.15) is 21.6 Å². The molecule has 0 bridgehead atoms. The molecule has 0 aliphatic heterocycles. The molecule has 0 spiro atoms. The van der Waals surface area contributed by atoms with Gasteiger partial charge in [-0.3, -0.25) is 4.79 Å². The van der Waals surface area contributed by atoms with Crippen LogP contribution in [0, 0.1) is 0 Å². The van der Waals surface area contributed by atoms with Gasteiger partial charge in [-0.25, -0.2) is 9.78 Å². The number of hydrogen-bond acceptors (Lipinski definition) is 7. The first-order valence-corrected chi connectivity index (χ1v) is 12.0. The van der Waals surface area contributed by atoms with Crippen molar-refractivity contribution >= 4 is 29.2 Å². The van der Waals surface area contributed by atoms with Gasteiger partial charge >= 0.3 is 11.9 Å². The van der Waals surface area contributed by atoms with E-state index >= 15 is 0 Å². The molecule has 0 aliphatic rings. The van der Waals surface area contributed by atoms with Crippen LogP contribution in [-0.2, 0) is 22.6 Å². The van der Waals surface area contributed by atoms with E-state index < -0.39 is 18.0 Å². The number of furan rings is 1. The summed E-state index contributed by atoms with van der Waals surface area (Å²) >= 11 is 5.99. The first kappa shape index (κ1) is 25.1. The normalized spacial score (nSPS) is 12.1. The van der Waals surface area contributed by atoms with E-state index in [2.05, 4.69) is 4.98 Å². The highest BCUT2D eigenvalue weighted by atomic mass is 35.5. The molecule has 0 fully saturated rings. The van der Waals surface area contributed by atoms with Gasteiger partial charge in [-0.05, 0) is 59.2 Å². The zero-order valence-electron chi connectivity index (χ0n) is 19.9. The number of nitrogens with zero attached hydrogens (tertiary/aromatic N) is 3. The van der Waals surface area contributed by atoms with Gasteiger partial charge < -0.3 is 23.9 Å². The van der Waals surface area contributed by atoms with E-state index in [9.17, 15) is 19.8 Å². The fourth-order valence-corrected chi connectivity index (χ4v) is 4.12. The van der Waals surface area contributed by atoms with Gasteiger partial charge in [-0.2, -0.15) is 0 Å². The summed E-state index contributed by atoms with van der Waals surface area (Å²) in [4.78, 5) is 35.5. The van der Waals surface area contributed by atoms with Gasteiger partial charge in [0.05, 0.1) is 19.1 Å². The number of aliphatic carboxylic acids is 1. The molecule has 0 saturated heterocycles. The highest BCUT2D eigenvalue weighted by Crippen LogP contribution is 2.23. The number of hydrogen-bond donors (Lipinski definition) is 2. The molecule has 38 heavy (non-hydrogen) atoms. The van der Waals surface area contributed by atoms with E-state index in [0.717, 1.165) is 16.2 Å². The molecule has 0 radical (unpaired) electrons. The van der Waals surface area contributed by atoms with Gasteiger partial charge in [0.2, 0.25) is 0 Å². The van der Waals surface area contributed by atoms with Crippen LogP contribution in [0.3, 0.4) is 0 Å². The third-order valence-electron chi connectivity index (χ3n) is 5.96. The van der Waals surface area contributed by atoms with Gasteiger partial charge in [-0.1, -0.05) is 35.9 Å². The van der Waals surface area contributed by atoms with E-state index in [4.69, 9.17) is 20.9 Å². The molecule has 192 valence electrons. The van der Waals surface area contributed by atoms with Crippen LogP contribution in [0.15, 0.2) is 96.1 Å². The van der Waals surface area contributed by atoms with Gasteiger partial charge in [0.25, 0.3) is 0 Å². The molecule has 5 aromatic rings. The zero-order valence-corrected chi connectivity index (χ0v) is 20.7. The molecule has 2 aromatic carbocycles. The summed E-state index contributed by atoms with van der Waals surface area (Å²) in [7, 11) is 0. The predicted octanol–water partition coefficient (Wildman–Crippen LogP) is 5.22. The Labute approximate surface area is 222 Å². The van der Waals surface area contributed by atoms with Gasteiger partial charge in [0.1, 0.15) is 17.4 Å². The molecule has 0 unspecified atom stereocenters. The summed E-state index contributed by atoms with van der Waals surface area (Å²) in [6, 6.07) is 17.7. The Morgan fingerprint density at radius 2 is 1.79 bits per heavy atom. The van der Waals surface area contributed by atoms with Crippen LogP contribution in [0.25, 0.3) is 16.8 Å². The van der Waals surface area contributed by atoms with E-state index in [-0.39, 0.29) is 24.4 Å². The molecule has 10 heteroatoms. The van der Waals surface area contributed by atoms with Crippen molar-refractivity contribution in [1.29, 1.82) is 0 Å². The number of halogens is 1. The summed E-state index contributed by atoms with van der Waals surface area (Å²) in [6.45, 7) is -0.0224. The maximum Gasteiger partial charge on any atom is 0.377 e. The molecular weight excluding hydrogens is 510 g/mol. The van der Waals surface area contributed by atoms with E-state index in [1.807, 2.05) is 24.3 Å². The van der Waals surface area contributed by atoms with Crippen LogP contribution >= 0.6 is 11.6 Å². The lowest BCUT2D eigenvalue weighted by atomic mass is 10.1. The zero-order chi connectivity index (χ0) is 26.6. The largest absolute Gasteiger partial charge is 0.508 e. The molecule has 3 heterocycles. The minimum Gasteiger partial charge on any atom is -0.508 e. The van der Waals surface area contributed by atoms with Crippen LogP contribution in [0.4, 0.5) is 0 Å². The monoisotopic (exact) mass is 531 g/mol. The number of aromatic nitrogens is 2. The predicted molar refractivity (Wildman–Crippen MR) is 139 cm³/mol. The number of hydroxylamine groups is 2.